The maximum atomic E-state index is 6.21. The maximum Gasteiger partial charge on any atom is 0.124 e. The van der Waals surface area contributed by atoms with E-state index in [0.717, 1.165) is 25.3 Å². The minimum Gasteiger partial charge on any atom is -0.489 e. The van der Waals surface area contributed by atoms with E-state index in [2.05, 4.69) is 84.2 Å². The fourth-order valence-electron chi connectivity index (χ4n) is 3.46. The van der Waals surface area contributed by atoms with Crippen LogP contribution in [0.4, 0.5) is 0 Å². The molecule has 0 atom stereocenters. The van der Waals surface area contributed by atoms with Crippen molar-refractivity contribution in [2.45, 2.75) is 19.6 Å². The largest absolute Gasteiger partial charge is 0.489 e. The summed E-state index contributed by atoms with van der Waals surface area (Å²) in [7, 11) is 0. The van der Waals surface area contributed by atoms with Gasteiger partial charge in [0.05, 0.1) is 0 Å². The van der Waals surface area contributed by atoms with Gasteiger partial charge in [0.25, 0.3) is 0 Å². The maximum absolute atomic E-state index is 6.21. The van der Waals surface area contributed by atoms with Gasteiger partial charge >= 0.3 is 0 Å². The average Bonchev–Trinajstić information content (AvgIpc) is 2.77. The molecule has 0 radical (unpaired) electrons. The third-order valence-electron chi connectivity index (χ3n) is 4.97. The molecule has 0 saturated carbocycles. The second-order valence-corrected chi connectivity index (χ2v) is 6.95. The van der Waals surface area contributed by atoms with E-state index in [1.807, 2.05) is 18.2 Å². The first-order valence-corrected chi connectivity index (χ1v) is 9.82. The van der Waals surface area contributed by atoms with Crippen LogP contribution in [0.5, 0.6) is 5.75 Å². The SMILES string of the molecule is c1ccc(CCNCc2c(OCc3ccccc3)ccc3ccccc23)cc1. The van der Waals surface area contributed by atoms with Crippen molar-refractivity contribution in [2.75, 3.05) is 6.54 Å². The van der Waals surface area contributed by atoms with Gasteiger partial charge in [-0.2, -0.15) is 0 Å². The fraction of sp³-hybridized carbons (Fsp3) is 0.154. The van der Waals surface area contributed by atoms with Gasteiger partial charge in [0, 0.05) is 12.1 Å². The quantitative estimate of drug-likeness (QED) is 0.400. The number of nitrogens with one attached hydrogen (secondary N) is 1. The number of ether oxygens (including phenoxy) is 1. The number of hydrogen-bond donors (Lipinski definition) is 1. The lowest BCUT2D eigenvalue weighted by Crippen LogP contribution is -2.17. The van der Waals surface area contributed by atoms with E-state index >= 15 is 0 Å². The van der Waals surface area contributed by atoms with Gasteiger partial charge in [0.1, 0.15) is 12.4 Å². The van der Waals surface area contributed by atoms with Crippen molar-refractivity contribution in [3.63, 3.8) is 0 Å². The molecular formula is C26H25NO. The Kier molecular flexibility index (Phi) is 6.01. The van der Waals surface area contributed by atoms with E-state index in [-0.39, 0.29) is 0 Å². The summed E-state index contributed by atoms with van der Waals surface area (Å²) >= 11 is 0. The number of benzene rings is 4. The monoisotopic (exact) mass is 367 g/mol. The molecular weight excluding hydrogens is 342 g/mol. The third-order valence-corrected chi connectivity index (χ3v) is 4.97. The molecule has 0 amide bonds. The molecule has 0 aromatic heterocycles. The van der Waals surface area contributed by atoms with Crippen molar-refractivity contribution in [2.24, 2.45) is 0 Å². The highest BCUT2D eigenvalue weighted by molar-refractivity contribution is 5.87. The molecule has 0 spiro atoms. The van der Waals surface area contributed by atoms with Gasteiger partial charge in [-0.25, -0.2) is 0 Å². The van der Waals surface area contributed by atoms with Crippen LogP contribution in [0.2, 0.25) is 0 Å². The molecule has 0 aliphatic rings. The Morgan fingerprint density at radius 1 is 0.643 bits per heavy atom. The van der Waals surface area contributed by atoms with Crippen molar-refractivity contribution < 1.29 is 4.74 Å². The van der Waals surface area contributed by atoms with Crippen LogP contribution >= 0.6 is 0 Å². The van der Waals surface area contributed by atoms with Crippen LogP contribution in [0.1, 0.15) is 16.7 Å². The van der Waals surface area contributed by atoms with Crippen molar-refractivity contribution in [1.29, 1.82) is 0 Å². The second kappa shape index (κ2) is 9.20. The highest BCUT2D eigenvalue weighted by Gasteiger charge is 2.09. The number of fused-ring (bicyclic) bond motifs is 1. The molecule has 4 aromatic carbocycles. The van der Waals surface area contributed by atoms with Crippen LogP contribution in [0.25, 0.3) is 10.8 Å². The molecule has 0 unspecified atom stereocenters. The molecule has 0 aliphatic carbocycles. The molecule has 28 heavy (non-hydrogen) atoms. The lowest BCUT2D eigenvalue weighted by atomic mass is 10.0. The Balaban J connectivity index is 1.48. The summed E-state index contributed by atoms with van der Waals surface area (Å²) in [5.74, 6) is 0.953. The first-order chi connectivity index (χ1) is 13.9. The zero-order valence-corrected chi connectivity index (χ0v) is 16.0. The van der Waals surface area contributed by atoms with Gasteiger partial charge in [-0.1, -0.05) is 91.0 Å². The molecule has 0 aliphatic heterocycles. The molecule has 4 aromatic rings. The van der Waals surface area contributed by atoms with Crippen LogP contribution in [0.3, 0.4) is 0 Å². The summed E-state index contributed by atoms with van der Waals surface area (Å²) in [5, 5.41) is 6.10. The van der Waals surface area contributed by atoms with Crippen molar-refractivity contribution >= 4 is 10.8 Å². The molecule has 1 N–H and O–H groups in total. The third kappa shape index (κ3) is 4.59. The zero-order valence-electron chi connectivity index (χ0n) is 16.0. The van der Waals surface area contributed by atoms with Crippen molar-refractivity contribution in [1.82, 2.24) is 5.32 Å². The molecule has 4 rings (SSSR count). The van der Waals surface area contributed by atoms with Crippen molar-refractivity contribution in [3.8, 4) is 5.75 Å². The summed E-state index contributed by atoms with van der Waals surface area (Å²) in [6.07, 6.45) is 1.02. The average molecular weight is 367 g/mol. The summed E-state index contributed by atoms with van der Waals surface area (Å²) in [6.45, 7) is 2.31. The molecule has 2 nitrogen and oxygen atoms in total. The Labute approximate surface area is 166 Å². The van der Waals surface area contributed by atoms with E-state index in [0.29, 0.717) is 6.61 Å². The smallest absolute Gasteiger partial charge is 0.124 e. The Bertz CT molecular complexity index is 1010. The molecule has 140 valence electrons. The van der Waals surface area contributed by atoms with E-state index in [4.69, 9.17) is 4.74 Å². The topological polar surface area (TPSA) is 21.3 Å². The highest BCUT2D eigenvalue weighted by atomic mass is 16.5. The highest BCUT2D eigenvalue weighted by Crippen LogP contribution is 2.28. The Morgan fingerprint density at radius 2 is 1.32 bits per heavy atom. The molecule has 0 heterocycles. The van der Waals surface area contributed by atoms with Crippen molar-refractivity contribution in [3.05, 3.63) is 114 Å². The summed E-state index contributed by atoms with van der Waals surface area (Å²) in [5.41, 5.74) is 3.76. The molecule has 0 saturated heterocycles. The molecule has 0 fully saturated rings. The normalized spacial score (nSPS) is 10.9. The summed E-state index contributed by atoms with van der Waals surface area (Å²) < 4.78 is 6.21. The predicted octanol–water partition coefficient (Wildman–Crippen LogP) is 5.75. The lowest BCUT2D eigenvalue weighted by Gasteiger charge is -2.15. The van der Waals surface area contributed by atoms with Crippen LogP contribution < -0.4 is 10.1 Å². The molecule has 0 bridgehead atoms. The lowest BCUT2D eigenvalue weighted by molar-refractivity contribution is 0.303. The van der Waals surface area contributed by atoms with Gasteiger partial charge in [-0.05, 0) is 40.9 Å². The summed E-state index contributed by atoms with van der Waals surface area (Å²) in [4.78, 5) is 0. The van der Waals surface area contributed by atoms with Gasteiger partial charge in [-0.15, -0.1) is 0 Å². The van der Waals surface area contributed by atoms with E-state index in [1.54, 1.807) is 0 Å². The second-order valence-electron chi connectivity index (χ2n) is 6.95. The number of hydrogen-bond acceptors (Lipinski definition) is 2. The summed E-state index contributed by atoms with van der Waals surface area (Å²) in [6, 6.07) is 33.7. The van der Waals surface area contributed by atoms with Gasteiger partial charge in [-0.3, -0.25) is 0 Å². The fourth-order valence-corrected chi connectivity index (χ4v) is 3.46. The van der Waals surface area contributed by atoms with Crippen LogP contribution in [0.15, 0.2) is 97.1 Å². The van der Waals surface area contributed by atoms with E-state index < -0.39 is 0 Å². The van der Waals surface area contributed by atoms with Gasteiger partial charge in [0.15, 0.2) is 0 Å². The molecule has 2 heteroatoms. The van der Waals surface area contributed by atoms with Crippen LogP contribution in [0, 0.1) is 0 Å². The minimum atomic E-state index is 0.580. The first kappa shape index (κ1) is 18.3. The Morgan fingerprint density at radius 3 is 2.11 bits per heavy atom. The van der Waals surface area contributed by atoms with Crippen LogP contribution in [-0.2, 0) is 19.6 Å². The predicted molar refractivity (Wildman–Crippen MR) is 117 cm³/mol. The van der Waals surface area contributed by atoms with Gasteiger partial charge in [0.2, 0.25) is 0 Å². The number of rotatable bonds is 8. The van der Waals surface area contributed by atoms with Gasteiger partial charge < -0.3 is 10.1 Å². The Hall–Kier alpha value is -3.10. The van der Waals surface area contributed by atoms with E-state index in [1.165, 1.54) is 27.5 Å². The standard InChI is InChI=1S/C26H25NO/c1-3-9-21(10-4-1)17-18-27-19-25-24-14-8-7-13-23(24)15-16-26(25)28-20-22-11-5-2-6-12-22/h1-16,27H,17-20H2. The zero-order chi connectivity index (χ0) is 19.0. The first-order valence-electron chi connectivity index (χ1n) is 9.82. The van der Waals surface area contributed by atoms with Crippen LogP contribution in [-0.4, -0.2) is 6.54 Å². The minimum absolute atomic E-state index is 0.580. The van der Waals surface area contributed by atoms with E-state index in [9.17, 15) is 0 Å².